The molecule has 37 heavy (non-hydrogen) atoms. The molecule has 1 amide bonds. The largest absolute Gasteiger partial charge is 0.490 e. The van der Waals surface area contributed by atoms with E-state index in [2.05, 4.69) is 22.0 Å². The number of likely N-dealkylation sites (tertiary alicyclic amines) is 2. The van der Waals surface area contributed by atoms with Crippen LogP contribution in [0.15, 0.2) is 47.3 Å². The Balaban J connectivity index is 0.000000286. The monoisotopic (exact) mass is 539 g/mol. The molecule has 0 bridgehead atoms. The molecule has 2 aromatic heterocycles. The van der Waals surface area contributed by atoms with Crippen LogP contribution in [-0.2, 0) is 16.1 Å². The van der Waals surface area contributed by atoms with E-state index in [1.54, 1.807) is 18.4 Å². The van der Waals surface area contributed by atoms with E-state index in [0.717, 1.165) is 26.2 Å². The number of hydrogen-bond donors (Lipinski definition) is 2. The molecule has 15 heteroatoms. The number of carboxylic acid groups (broad SMARTS) is 2. The molecule has 0 aliphatic carbocycles. The van der Waals surface area contributed by atoms with Gasteiger partial charge in [0.25, 0.3) is 5.91 Å². The summed E-state index contributed by atoms with van der Waals surface area (Å²) >= 11 is 0. The number of rotatable bonds is 3. The number of nitrogens with zero attached hydrogens (tertiary/aromatic N) is 3. The van der Waals surface area contributed by atoms with Crippen molar-refractivity contribution in [1.82, 2.24) is 14.8 Å². The van der Waals surface area contributed by atoms with Gasteiger partial charge in [-0.05, 0) is 55.1 Å². The van der Waals surface area contributed by atoms with Gasteiger partial charge in [0, 0.05) is 38.1 Å². The van der Waals surface area contributed by atoms with Crippen molar-refractivity contribution < 1.29 is 55.4 Å². The summed E-state index contributed by atoms with van der Waals surface area (Å²) < 4.78 is 68.7. The molecule has 2 N–H and O–H groups in total. The number of piperidine rings is 1. The smallest absolute Gasteiger partial charge is 0.475 e. The summed E-state index contributed by atoms with van der Waals surface area (Å²) in [6.45, 7) is 3.69. The van der Waals surface area contributed by atoms with E-state index in [0.29, 0.717) is 17.7 Å². The molecule has 204 valence electrons. The highest BCUT2D eigenvalue weighted by Gasteiger charge is 2.41. The maximum absolute atomic E-state index is 12.5. The summed E-state index contributed by atoms with van der Waals surface area (Å²) in [5.74, 6) is -4.47. The first kappa shape index (κ1) is 29.6. The van der Waals surface area contributed by atoms with Crippen molar-refractivity contribution in [2.24, 2.45) is 5.92 Å². The van der Waals surface area contributed by atoms with Crippen molar-refractivity contribution in [2.45, 2.75) is 37.8 Å². The van der Waals surface area contributed by atoms with E-state index in [9.17, 15) is 31.1 Å². The van der Waals surface area contributed by atoms with Crippen LogP contribution < -0.4 is 0 Å². The zero-order chi connectivity index (χ0) is 27.8. The van der Waals surface area contributed by atoms with E-state index in [4.69, 9.17) is 24.2 Å². The first-order chi connectivity index (χ1) is 17.2. The Bertz CT molecular complexity index is 1010. The van der Waals surface area contributed by atoms with Crippen LogP contribution in [0, 0.1) is 5.92 Å². The van der Waals surface area contributed by atoms with E-state index >= 15 is 0 Å². The maximum Gasteiger partial charge on any atom is 0.490 e. The number of aliphatic carboxylic acids is 2. The van der Waals surface area contributed by atoms with Crippen molar-refractivity contribution in [2.75, 3.05) is 19.6 Å². The Hall–Kier alpha value is -3.62. The predicted molar refractivity (Wildman–Crippen MR) is 113 cm³/mol. The number of furan rings is 1. The molecule has 2 fully saturated rings. The fourth-order valence-electron chi connectivity index (χ4n) is 3.91. The lowest BCUT2D eigenvalue weighted by Gasteiger charge is -2.36. The Labute approximate surface area is 206 Å². The van der Waals surface area contributed by atoms with Crippen LogP contribution in [0.4, 0.5) is 26.3 Å². The van der Waals surface area contributed by atoms with Gasteiger partial charge in [-0.15, -0.1) is 0 Å². The number of fused-ring (bicyclic) bond motifs is 1. The van der Waals surface area contributed by atoms with Gasteiger partial charge in [-0.25, -0.2) is 9.59 Å². The molecule has 0 aromatic carbocycles. The number of carboxylic acids is 2. The molecule has 4 rings (SSSR count). The van der Waals surface area contributed by atoms with Crippen LogP contribution in [0.2, 0.25) is 0 Å². The number of alkyl halides is 6. The Morgan fingerprint density at radius 1 is 0.973 bits per heavy atom. The van der Waals surface area contributed by atoms with Gasteiger partial charge in [-0.2, -0.15) is 26.3 Å². The second-order valence-electron chi connectivity index (χ2n) is 8.09. The van der Waals surface area contributed by atoms with Crippen LogP contribution in [0.25, 0.3) is 0 Å². The van der Waals surface area contributed by atoms with Crippen LogP contribution >= 0.6 is 0 Å². The zero-order valence-electron chi connectivity index (χ0n) is 19.1. The lowest BCUT2D eigenvalue weighted by Crippen LogP contribution is -2.44. The second-order valence-corrected chi connectivity index (χ2v) is 8.09. The molecule has 0 radical (unpaired) electrons. The third kappa shape index (κ3) is 9.08. The number of pyridine rings is 1. The fraction of sp³-hybridized carbons (Fsp3) is 0.455. The van der Waals surface area contributed by atoms with Crippen LogP contribution in [0.5, 0.6) is 0 Å². The number of carbonyl (C=O) groups excluding carboxylic acids is 1. The molecule has 2 aromatic rings. The Kier molecular flexibility index (Phi) is 10.1. The molecular formula is C22H23F6N3O6. The predicted octanol–water partition coefficient (Wildman–Crippen LogP) is 3.68. The average Bonchev–Trinajstić information content (AvgIpc) is 3.50. The summed E-state index contributed by atoms with van der Waals surface area (Å²) in [6, 6.07) is 8.12. The molecule has 4 heterocycles. The first-order valence-corrected chi connectivity index (χ1v) is 10.8. The van der Waals surface area contributed by atoms with Gasteiger partial charge in [-0.3, -0.25) is 14.7 Å². The number of hydrogen-bond acceptors (Lipinski definition) is 6. The van der Waals surface area contributed by atoms with Gasteiger partial charge in [0.1, 0.15) is 0 Å². The summed E-state index contributed by atoms with van der Waals surface area (Å²) in [5, 5.41) is 14.2. The number of amides is 1. The van der Waals surface area contributed by atoms with Gasteiger partial charge in [-0.1, -0.05) is 0 Å². The molecule has 9 nitrogen and oxygen atoms in total. The van der Waals surface area contributed by atoms with Crippen molar-refractivity contribution in [3.63, 3.8) is 0 Å². The molecular weight excluding hydrogens is 516 g/mol. The molecule has 0 unspecified atom stereocenters. The SMILES string of the molecule is O=C(O)C(F)(F)F.O=C(O)C(F)(F)F.O=C(c1ccco1)N1C[C@H]2CCCN(Cc3ccncc3)[C@H]2C1. The fourth-order valence-corrected chi connectivity index (χ4v) is 3.91. The number of aromatic nitrogens is 1. The summed E-state index contributed by atoms with van der Waals surface area (Å²) in [5.41, 5.74) is 1.29. The Morgan fingerprint density at radius 2 is 1.54 bits per heavy atom. The van der Waals surface area contributed by atoms with Gasteiger partial charge < -0.3 is 19.5 Å². The standard InChI is InChI=1S/C18H21N3O2.2C2HF3O2/c22-18(17-4-2-10-23-17)21-12-15-3-1-9-20(16(15)13-21)11-14-5-7-19-8-6-14;2*3-2(4,5)1(6)7/h2,4-8,10,15-16H,1,3,9,11-13H2;2*(H,6,7)/t15-,16+;;/m1../s1. The highest BCUT2D eigenvalue weighted by molar-refractivity contribution is 5.91. The average molecular weight is 539 g/mol. The van der Waals surface area contributed by atoms with Crippen molar-refractivity contribution in [3.8, 4) is 0 Å². The minimum absolute atomic E-state index is 0.0215. The van der Waals surface area contributed by atoms with Crippen molar-refractivity contribution in [3.05, 3.63) is 54.2 Å². The topological polar surface area (TPSA) is 124 Å². The van der Waals surface area contributed by atoms with Crippen molar-refractivity contribution >= 4 is 17.8 Å². The van der Waals surface area contributed by atoms with E-state index in [1.807, 2.05) is 17.3 Å². The van der Waals surface area contributed by atoms with Gasteiger partial charge >= 0.3 is 24.3 Å². The van der Waals surface area contributed by atoms with Crippen molar-refractivity contribution in [1.29, 1.82) is 0 Å². The van der Waals surface area contributed by atoms with E-state index in [-0.39, 0.29) is 5.91 Å². The molecule has 2 atom stereocenters. The summed E-state index contributed by atoms with van der Waals surface area (Å²) in [6.07, 6.45) is -2.50. The van der Waals surface area contributed by atoms with Crippen LogP contribution in [0.3, 0.4) is 0 Å². The lowest BCUT2D eigenvalue weighted by atomic mass is 9.92. The normalized spacial score (nSPS) is 19.6. The lowest BCUT2D eigenvalue weighted by molar-refractivity contribution is -0.193. The molecule has 0 saturated carbocycles. The minimum atomic E-state index is -5.08. The van der Waals surface area contributed by atoms with Gasteiger partial charge in [0.05, 0.1) is 6.26 Å². The quantitative estimate of drug-likeness (QED) is 0.567. The van der Waals surface area contributed by atoms with E-state index < -0.39 is 24.3 Å². The minimum Gasteiger partial charge on any atom is -0.475 e. The highest BCUT2D eigenvalue weighted by atomic mass is 19.4. The van der Waals surface area contributed by atoms with E-state index in [1.165, 1.54) is 18.4 Å². The zero-order valence-corrected chi connectivity index (χ0v) is 19.1. The Morgan fingerprint density at radius 3 is 2.03 bits per heavy atom. The first-order valence-electron chi connectivity index (χ1n) is 10.8. The molecule has 2 aliphatic rings. The summed E-state index contributed by atoms with van der Waals surface area (Å²) in [7, 11) is 0. The highest BCUT2D eigenvalue weighted by Crippen LogP contribution is 2.32. The third-order valence-corrected chi connectivity index (χ3v) is 5.53. The number of halogens is 6. The van der Waals surface area contributed by atoms with Crippen LogP contribution in [0.1, 0.15) is 29.0 Å². The molecule has 2 aliphatic heterocycles. The van der Waals surface area contributed by atoms with Crippen LogP contribution in [-0.4, -0.2) is 80.9 Å². The molecule has 0 spiro atoms. The number of carbonyl (C=O) groups is 3. The van der Waals surface area contributed by atoms with Gasteiger partial charge in [0.2, 0.25) is 0 Å². The van der Waals surface area contributed by atoms with Gasteiger partial charge in [0.15, 0.2) is 5.76 Å². The summed E-state index contributed by atoms with van der Waals surface area (Å²) in [4.78, 5) is 38.9. The maximum atomic E-state index is 12.5. The molecule has 2 saturated heterocycles. The second kappa shape index (κ2) is 12.6. The third-order valence-electron chi connectivity index (χ3n) is 5.53.